The van der Waals surface area contributed by atoms with Crippen molar-refractivity contribution < 1.29 is 14.3 Å². The van der Waals surface area contributed by atoms with Crippen molar-refractivity contribution >= 4 is 6.09 Å². The smallest absolute Gasteiger partial charge is 0.410 e. The molecule has 0 aliphatic carbocycles. The quantitative estimate of drug-likeness (QED) is 0.842. The fraction of sp³-hybridized carbons (Fsp3) is 0.933. The summed E-state index contributed by atoms with van der Waals surface area (Å²) in [7, 11) is 1.93. The van der Waals surface area contributed by atoms with Crippen molar-refractivity contribution in [3.63, 3.8) is 0 Å². The van der Waals surface area contributed by atoms with Crippen LogP contribution in [0.25, 0.3) is 0 Å². The predicted octanol–water partition coefficient (Wildman–Crippen LogP) is 2.26. The third kappa shape index (κ3) is 5.67. The molecular formula is C15H30N2O3. The Hall–Kier alpha value is -0.810. The molecule has 1 N–H and O–H groups in total. The Morgan fingerprint density at radius 1 is 1.45 bits per heavy atom. The lowest BCUT2D eigenvalue weighted by Crippen LogP contribution is -2.47. The van der Waals surface area contributed by atoms with Gasteiger partial charge in [-0.3, -0.25) is 0 Å². The minimum absolute atomic E-state index is 0.162. The zero-order chi connectivity index (χ0) is 15.2. The van der Waals surface area contributed by atoms with Gasteiger partial charge in [-0.2, -0.15) is 0 Å². The highest BCUT2D eigenvalue weighted by Gasteiger charge is 2.31. The Balaban J connectivity index is 2.58. The van der Waals surface area contributed by atoms with Crippen LogP contribution in [-0.4, -0.2) is 56.0 Å². The SMILES string of the molecule is CCOC(CNC)C1CCCN(C(=O)OC(C)(C)C)C1. The van der Waals surface area contributed by atoms with E-state index in [1.165, 1.54) is 0 Å². The summed E-state index contributed by atoms with van der Waals surface area (Å²) in [5.74, 6) is 0.378. The van der Waals surface area contributed by atoms with Crippen molar-refractivity contribution in [2.45, 2.75) is 52.2 Å². The van der Waals surface area contributed by atoms with Gasteiger partial charge in [-0.1, -0.05) is 0 Å². The molecule has 1 fully saturated rings. The van der Waals surface area contributed by atoms with E-state index in [-0.39, 0.29) is 12.2 Å². The lowest BCUT2D eigenvalue weighted by atomic mass is 9.92. The average molecular weight is 286 g/mol. The molecule has 0 radical (unpaired) electrons. The largest absolute Gasteiger partial charge is 0.444 e. The molecule has 1 amide bonds. The van der Waals surface area contributed by atoms with Crippen molar-refractivity contribution in [1.82, 2.24) is 10.2 Å². The molecule has 20 heavy (non-hydrogen) atoms. The van der Waals surface area contributed by atoms with Crippen molar-refractivity contribution in [2.24, 2.45) is 5.92 Å². The number of rotatable bonds is 5. The number of nitrogens with one attached hydrogen (secondary N) is 1. The van der Waals surface area contributed by atoms with E-state index in [0.29, 0.717) is 12.5 Å². The molecule has 2 unspecified atom stereocenters. The van der Waals surface area contributed by atoms with Gasteiger partial charge in [-0.05, 0) is 47.6 Å². The van der Waals surface area contributed by atoms with Crippen molar-refractivity contribution in [1.29, 1.82) is 0 Å². The molecule has 1 rings (SSSR count). The molecule has 1 aliphatic heterocycles. The van der Waals surface area contributed by atoms with E-state index >= 15 is 0 Å². The van der Waals surface area contributed by atoms with E-state index < -0.39 is 5.60 Å². The first-order chi connectivity index (χ1) is 9.37. The van der Waals surface area contributed by atoms with E-state index in [2.05, 4.69) is 5.32 Å². The summed E-state index contributed by atoms with van der Waals surface area (Å²) < 4.78 is 11.3. The molecule has 5 nitrogen and oxygen atoms in total. The first-order valence-electron chi connectivity index (χ1n) is 7.61. The van der Waals surface area contributed by atoms with Crippen molar-refractivity contribution in [3.8, 4) is 0 Å². The fourth-order valence-corrected chi connectivity index (χ4v) is 2.58. The topological polar surface area (TPSA) is 50.8 Å². The van der Waals surface area contributed by atoms with E-state index in [4.69, 9.17) is 9.47 Å². The highest BCUT2D eigenvalue weighted by molar-refractivity contribution is 5.68. The van der Waals surface area contributed by atoms with Gasteiger partial charge in [0, 0.05) is 32.2 Å². The van der Waals surface area contributed by atoms with Gasteiger partial charge in [0.05, 0.1) is 6.10 Å². The summed E-state index contributed by atoms with van der Waals surface area (Å²) in [5.41, 5.74) is -0.436. The van der Waals surface area contributed by atoms with E-state index in [1.807, 2.05) is 39.6 Å². The van der Waals surface area contributed by atoms with Crippen LogP contribution in [-0.2, 0) is 9.47 Å². The van der Waals surface area contributed by atoms with Gasteiger partial charge >= 0.3 is 6.09 Å². The molecule has 0 aromatic rings. The van der Waals surface area contributed by atoms with Crippen LogP contribution in [0.15, 0.2) is 0 Å². The van der Waals surface area contributed by atoms with E-state index in [9.17, 15) is 4.79 Å². The van der Waals surface area contributed by atoms with Gasteiger partial charge in [0.2, 0.25) is 0 Å². The van der Waals surface area contributed by atoms with Crippen molar-refractivity contribution in [2.75, 3.05) is 33.3 Å². The Labute approximate surface area is 123 Å². The Kier molecular flexibility index (Phi) is 6.76. The molecule has 5 heteroatoms. The molecule has 0 aromatic carbocycles. The third-order valence-electron chi connectivity index (χ3n) is 3.42. The highest BCUT2D eigenvalue weighted by Crippen LogP contribution is 2.23. The zero-order valence-corrected chi connectivity index (χ0v) is 13.6. The second-order valence-electron chi connectivity index (χ2n) is 6.38. The van der Waals surface area contributed by atoms with Gasteiger partial charge < -0.3 is 19.7 Å². The van der Waals surface area contributed by atoms with Crippen LogP contribution in [0.4, 0.5) is 4.79 Å². The maximum atomic E-state index is 12.1. The number of carbonyl (C=O) groups excluding carboxylic acids is 1. The number of likely N-dealkylation sites (N-methyl/N-ethyl adjacent to an activating group) is 1. The minimum Gasteiger partial charge on any atom is -0.444 e. The summed E-state index contributed by atoms with van der Waals surface area (Å²) in [6.45, 7) is 10.7. The van der Waals surface area contributed by atoms with Crippen molar-refractivity contribution in [3.05, 3.63) is 0 Å². The molecule has 1 aliphatic rings. The first-order valence-corrected chi connectivity index (χ1v) is 7.61. The van der Waals surface area contributed by atoms with Crippen LogP contribution < -0.4 is 5.32 Å². The summed E-state index contributed by atoms with van der Waals surface area (Å²) in [6, 6.07) is 0. The number of nitrogens with zero attached hydrogens (tertiary/aromatic N) is 1. The normalized spacial score (nSPS) is 21.6. The maximum absolute atomic E-state index is 12.1. The number of piperidine rings is 1. The van der Waals surface area contributed by atoms with E-state index in [1.54, 1.807) is 0 Å². The molecule has 0 bridgehead atoms. The van der Waals surface area contributed by atoms with Crippen LogP contribution in [0.3, 0.4) is 0 Å². The zero-order valence-electron chi connectivity index (χ0n) is 13.6. The summed E-state index contributed by atoms with van der Waals surface area (Å²) in [4.78, 5) is 14.0. The molecule has 0 saturated carbocycles. The predicted molar refractivity (Wildman–Crippen MR) is 79.9 cm³/mol. The van der Waals surface area contributed by atoms with Gasteiger partial charge in [0.15, 0.2) is 0 Å². The lowest BCUT2D eigenvalue weighted by molar-refractivity contribution is -0.0190. The van der Waals surface area contributed by atoms with Gasteiger partial charge in [-0.25, -0.2) is 4.79 Å². The van der Waals surface area contributed by atoms with E-state index in [0.717, 1.165) is 32.5 Å². The molecule has 2 atom stereocenters. The molecule has 118 valence electrons. The average Bonchev–Trinajstić information content (AvgIpc) is 2.37. The lowest BCUT2D eigenvalue weighted by Gasteiger charge is -2.37. The van der Waals surface area contributed by atoms with Crippen LogP contribution >= 0.6 is 0 Å². The molecular weight excluding hydrogens is 256 g/mol. The van der Waals surface area contributed by atoms with Crippen LogP contribution in [0, 0.1) is 5.92 Å². The Morgan fingerprint density at radius 3 is 2.70 bits per heavy atom. The Morgan fingerprint density at radius 2 is 2.15 bits per heavy atom. The summed E-state index contributed by atoms with van der Waals surface area (Å²) in [6.07, 6.45) is 2.07. The van der Waals surface area contributed by atoms with Gasteiger partial charge in [0.1, 0.15) is 5.60 Å². The molecule has 1 heterocycles. The minimum atomic E-state index is -0.436. The van der Waals surface area contributed by atoms with Crippen LogP contribution in [0.5, 0.6) is 0 Å². The molecule has 0 aromatic heterocycles. The standard InChI is InChI=1S/C15H30N2O3/c1-6-19-13(10-16-5)12-8-7-9-17(11-12)14(18)20-15(2,3)4/h12-13,16H,6-11H2,1-5H3. The fourth-order valence-electron chi connectivity index (χ4n) is 2.58. The van der Waals surface area contributed by atoms with Crippen LogP contribution in [0.1, 0.15) is 40.5 Å². The van der Waals surface area contributed by atoms with Gasteiger partial charge in [-0.15, -0.1) is 0 Å². The number of hydrogen-bond acceptors (Lipinski definition) is 4. The first kappa shape index (κ1) is 17.2. The maximum Gasteiger partial charge on any atom is 0.410 e. The van der Waals surface area contributed by atoms with Gasteiger partial charge in [0.25, 0.3) is 0 Å². The second kappa shape index (κ2) is 7.84. The second-order valence-corrected chi connectivity index (χ2v) is 6.38. The molecule has 1 saturated heterocycles. The summed E-state index contributed by atoms with van der Waals surface area (Å²) in [5, 5.41) is 3.17. The summed E-state index contributed by atoms with van der Waals surface area (Å²) >= 11 is 0. The number of carbonyl (C=O) groups is 1. The number of ether oxygens (including phenoxy) is 2. The molecule has 0 spiro atoms. The number of amides is 1. The third-order valence-corrected chi connectivity index (χ3v) is 3.42. The van der Waals surface area contributed by atoms with Crippen LogP contribution in [0.2, 0.25) is 0 Å². The highest BCUT2D eigenvalue weighted by atomic mass is 16.6. The Bertz CT molecular complexity index is 296. The number of likely N-dealkylation sites (tertiary alicyclic amines) is 1. The number of hydrogen-bond donors (Lipinski definition) is 1. The monoisotopic (exact) mass is 286 g/mol.